The number of ether oxygens (including phenoxy) is 1. The lowest BCUT2D eigenvalue weighted by Gasteiger charge is -2.15. The molecule has 0 radical (unpaired) electrons. The molecule has 0 amide bonds. The highest BCUT2D eigenvalue weighted by Crippen LogP contribution is 2.36. The Morgan fingerprint density at radius 2 is 1.94 bits per heavy atom. The molecule has 0 aromatic carbocycles. The van der Waals surface area contributed by atoms with E-state index in [0.29, 0.717) is 0 Å². The summed E-state index contributed by atoms with van der Waals surface area (Å²) in [5, 5.41) is 0. The van der Waals surface area contributed by atoms with E-state index in [2.05, 4.69) is 9.72 Å². The highest BCUT2D eigenvalue weighted by atomic mass is 19.4. The molecule has 9 heteroatoms. The van der Waals surface area contributed by atoms with E-state index in [1.54, 1.807) is 0 Å². The van der Waals surface area contributed by atoms with Gasteiger partial charge in [0, 0.05) is 6.54 Å². The Balaban J connectivity index is 3.27. The molecule has 1 heterocycles. The molecule has 1 aromatic rings. The Labute approximate surface area is 92.4 Å². The monoisotopic (exact) mass is 257 g/mol. The Kier molecular flexibility index (Phi) is 3.71. The van der Waals surface area contributed by atoms with Crippen molar-refractivity contribution in [2.75, 3.05) is 5.73 Å². The van der Waals surface area contributed by atoms with Crippen LogP contribution in [0.4, 0.5) is 27.8 Å². The first-order valence-electron chi connectivity index (χ1n) is 4.28. The van der Waals surface area contributed by atoms with Gasteiger partial charge < -0.3 is 16.2 Å². The summed E-state index contributed by atoms with van der Waals surface area (Å²) in [4.78, 5) is 3.41. The van der Waals surface area contributed by atoms with Gasteiger partial charge in [-0.3, -0.25) is 0 Å². The number of anilines is 1. The zero-order chi connectivity index (χ0) is 13.2. The second-order valence-corrected chi connectivity index (χ2v) is 2.97. The molecule has 0 aliphatic carbocycles. The van der Waals surface area contributed by atoms with E-state index in [1.807, 2.05) is 0 Å². The molecule has 0 atom stereocenters. The predicted octanol–water partition coefficient (Wildman–Crippen LogP) is 1.96. The van der Waals surface area contributed by atoms with E-state index in [4.69, 9.17) is 11.5 Å². The van der Waals surface area contributed by atoms with Gasteiger partial charge in [0.05, 0.1) is 11.3 Å². The zero-order valence-electron chi connectivity index (χ0n) is 8.26. The maximum absolute atomic E-state index is 12.5. The lowest BCUT2D eigenvalue weighted by molar-refractivity contribution is -0.275. The summed E-state index contributed by atoms with van der Waals surface area (Å²) in [5.41, 5.74) is 9.22. The minimum Gasteiger partial charge on any atom is -0.401 e. The van der Waals surface area contributed by atoms with Gasteiger partial charge in [-0.15, -0.1) is 13.2 Å². The van der Waals surface area contributed by atoms with Crippen LogP contribution in [0, 0.1) is 0 Å². The molecule has 1 rings (SSSR count). The molecule has 0 saturated carbocycles. The first-order chi connectivity index (χ1) is 7.74. The molecule has 96 valence electrons. The molecule has 0 spiro atoms. The molecular formula is C8H8F5N3O. The summed E-state index contributed by atoms with van der Waals surface area (Å²) in [6.45, 7) is -0.226. The third-order valence-corrected chi connectivity index (χ3v) is 1.74. The van der Waals surface area contributed by atoms with Crippen molar-refractivity contribution in [1.82, 2.24) is 4.98 Å². The molecule has 1 aromatic heterocycles. The summed E-state index contributed by atoms with van der Waals surface area (Å²) < 4.78 is 64.4. The zero-order valence-corrected chi connectivity index (χ0v) is 8.26. The van der Waals surface area contributed by atoms with Gasteiger partial charge in [-0.2, -0.15) is 0 Å². The average Bonchev–Trinajstić information content (AvgIpc) is 2.18. The fourth-order valence-electron chi connectivity index (χ4n) is 1.12. The van der Waals surface area contributed by atoms with Crippen molar-refractivity contribution in [2.24, 2.45) is 5.73 Å². The summed E-state index contributed by atoms with van der Waals surface area (Å²) >= 11 is 0. The van der Waals surface area contributed by atoms with Crippen molar-refractivity contribution in [3.8, 4) is 5.75 Å². The fourth-order valence-corrected chi connectivity index (χ4v) is 1.12. The Hall–Kier alpha value is -1.64. The second kappa shape index (κ2) is 4.70. The molecule has 0 fully saturated rings. The van der Waals surface area contributed by atoms with Crippen molar-refractivity contribution in [2.45, 2.75) is 19.3 Å². The van der Waals surface area contributed by atoms with Crippen molar-refractivity contribution in [3.63, 3.8) is 0 Å². The van der Waals surface area contributed by atoms with Crippen molar-refractivity contribution < 1.29 is 26.7 Å². The van der Waals surface area contributed by atoms with E-state index < -0.39 is 29.9 Å². The van der Waals surface area contributed by atoms with Gasteiger partial charge in [0.25, 0.3) is 6.43 Å². The largest absolute Gasteiger partial charge is 0.573 e. The third-order valence-electron chi connectivity index (χ3n) is 1.74. The van der Waals surface area contributed by atoms with Gasteiger partial charge >= 0.3 is 6.36 Å². The number of nitrogen functional groups attached to an aromatic ring is 1. The second-order valence-electron chi connectivity index (χ2n) is 2.97. The first kappa shape index (κ1) is 13.4. The lowest BCUT2D eigenvalue weighted by Crippen LogP contribution is -2.20. The molecule has 0 unspecified atom stereocenters. The molecular weight excluding hydrogens is 249 g/mol. The smallest absolute Gasteiger partial charge is 0.401 e. The van der Waals surface area contributed by atoms with Crippen molar-refractivity contribution in [1.29, 1.82) is 0 Å². The topological polar surface area (TPSA) is 74.2 Å². The summed E-state index contributed by atoms with van der Waals surface area (Å²) in [6, 6.07) is 0.724. The van der Waals surface area contributed by atoms with Crippen LogP contribution >= 0.6 is 0 Å². The highest BCUT2D eigenvalue weighted by Gasteiger charge is 2.35. The van der Waals surface area contributed by atoms with Crippen LogP contribution in [0.1, 0.15) is 17.7 Å². The predicted molar refractivity (Wildman–Crippen MR) is 48.2 cm³/mol. The SMILES string of the molecule is NCc1cc(C(F)F)c(OC(F)(F)F)c(N)n1. The van der Waals surface area contributed by atoms with Crippen LogP contribution in [0.25, 0.3) is 0 Å². The Morgan fingerprint density at radius 1 is 1.35 bits per heavy atom. The van der Waals surface area contributed by atoms with Crippen molar-refractivity contribution in [3.05, 3.63) is 17.3 Å². The lowest BCUT2D eigenvalue weighted by atomic mass is 10.2. The van der Waals surface area contributed by atoms with Crippen LogP contribution in [0.2, 0.25) is 0 Å². The van der Waals surface area contributed by atoms with Crippen molar-refractivity contribution >= 4 is 5.82 Å². The third kappa shape index (κ3) is 3.41. The van der Waals surface area contributed by atoms with Gasteiger partial charge in [0.15, 0.2) is 11.6 Å². The average molecular weight is 257 g/mol. The minimum atomic E-state index is -5.12. The van der Waals surface area contributed by atoms with E-state index in [1.165, 1.54) is 0 Å². The standard InChI is InChI=1S/C8H8F5N3O/c9-6(10)4-1-3(2-14)16-7(15)5(4)17-8(11,12)13/h1,6H,2,14H2,(H2,15,16). The molecule has 0 aliphatic heterocycles. The first-order valence-corrected chi connectivity index (χ1v) is 4.28. The number of rotatable bonds is 3. The Morgan fingerprint density at radius 3 is 2.35 bits per heavy atom. The van der Waals surface area contributed by atoms with Gasteiger partial charge in [-0.05, 0) is 6.07 Å². The normalized spacial score (nSPS) is 11.9. The number of nitrogens with two attached hydrogens (primary N) is 2. The van der Waals surface area contributed by atoms with Crippen LogP contribution in [0.3, 0.4) is 0 Å². The number of aromatic nitrogens is 1. The van der Waals surface area contributed by atoms with Gasteiger partial charge in [0.1, 0.15) is 0 Å². The maximum Gasteiger partial charge on any atom is 0.573 e. The summed E-state index contributed by atoms with van der Waals surface area (Å²) in [5.74, 6) is -1.97. The quantitative estimate of drug-likeness (QED) is 0.812. The summed E-state index contributed by atoms with van der Waals surface area (Å²) in [6.07, 6.45) is -8.30. The van der Waals surface area contributed by atoms with E-state index in [-0.39, 0.29) is 12.2 Å². The molecule has 4 nitrogen and oxygen atoms in total. The number of pyridine rings is 1. The van der Waals surface area contributed by atoms with Gasteiger partial charge in [-0.25, -0.2) is 13.8 Å². The van der Waals surface area contributed by atoms with Crippen LogP contribution in [-0.4, -0.2) is 11.3 Å². The number of halogens is 5. The number of hydrogen-bond donors (Lipinski definition) is 2. The van der Waals surface area contributed by atoms with Crippen LogP contribution in [-0.2, 0) is 6.54 Å². The minimum absolute atomic E-state index is 0.0488. The maximum atomic E-state index is 12.5. The molecule has 17 heavy (non-hydrogen) atoms. The number of nitrogens with zero attached hydrogens (tertiary/aromatic N) is 1. The highest BCUT2D eigenvalue weighted by molar-refractivity contribution is 5.53. The van der Waals surface area contributed by atoms with Crippen LogP contribution in [0.5, 0.6) is 5.75 Å². The fraction of sp³-hybridized carbons (Fsp3) is 0.375. The molecule has 4 N–H and O–H groups in total. The number of hydrogen-bond acceptors (Lipinski definition) is 4. The molecule has 0 bridgehead atoms. The van der Waals surface area contributed by atoms with E-state index in [0.717, 1.165) is 6.07 Å². The van der Waals surface area contributed by atoms with Crippen LogP contribution in [0.15, 0.2) is 6.07 Å². The van der Waals surface area contributed by atoms with Gasteiger partial charge in [-0.1, -0.05) is 0 Å². The van der Waals surface area contributed by atoms with Gasteiger partial charge in [0.2, 0.25) is 0 Å². The molecule has 0 aliphatic rings. The summed E-state index contributed by atoms with van der Waals surface area (Å²) in [7, 11) is 0. The van der Waals surface area contributed by atoms with Crippen LogP contribution < -0.4 is 16.2 Å². The Bertz CT molecular complexity index is 407. The van der Waals surface area contributed by atoms with E-state index in [9.17, 15) is 22.0 Å². The number of alkyl halides is 5. The van der Waals surface area contributed by atoms with E-state index >= 15 is 0 Å². The molecule has 0 saturated heterocycles.